The third kappa shape index (κ3) is 1.81. The number of nitrogens with zero attached hydrogens (tertiary/aromatic N) is 3. The number of halogens is 2. The second kappa shape index (κ2) is 4.21. The zero-order chi connectivity index (χ0) is 13.7. The van der Waals surface area contributed by atoms with Crippen LogP contribution in [0.15, 0.2) is 23.2 Å². The number of carbonyl (C=O) groups is 2. The molecular formula is C12H9Cl2N3O2. The molecule has 1 atom stereocenters. The fourth-order valence-electron chi connectivity index (χ4n) is 2.28. The summed E-state index contributed by atoms with van der Waals surface area (Å²) in [6.07, 6.45) is 0. The Kier molecular flexibility index (Phi) is 2.76. The van der Waals surface area contributed by atoms with Crippen LogP contribution in [-0.2, 0) is 9.59 Å². The first-order valence-electron chi connectivity index (χ1n) is 5.65. The minimum absolute atomic E-state index is 0.0672. The summed E-state index contributed by atoms with van der Waals surface area (Å²) < 4.78 is 0. The average molecular weight is 298 g/mol. The molecular weight excluding hydrogens is 289 g/mol. The molecule has 1 aromatic rings. The molecule has 0 aliphatic carbocycles. The van der Waals surface area contributed by atoms with Crippen LogP contribution in [0.2, 0.25) is 10.0 Å². The normalized spacial score (nSPS) is 22.1. The minimum atomic E-state index is -0.550. The van der Waals surface area contributed by atoms with Crippen LogP contribution in [0, 0.1) is 0 Å². The molecule has 1 aromatic carbocycles. The van der Waals surface area contributed by atoms with Crippen molar-refractivity contribution in [2.45, 2.75) is 13.0 Å². The minimum Gasteiger partial charge on any atom is -0.272 e. The molecule has 0 saturated carbocycles. The van der Waals surface area contributed by atoms with Gasteiger partial charge in [0, 0.05) is 10.0 Å². The number of anilines is 1. The van der Waals surface area contributed by atoms with Gasteiger partial charge in [-0.2, -0.15) is 0 Å². The summed E-state index contributed by atoms with van der Waals surface area (Å²) in [6, 6.07) is 4.27. The second-order valence-electron chi connectivity index (χ2n) is 4.36. The lowest BCUT2D eigenvalue weighted by molar-refractivity contribution is -0.130. The van der Waals surface area contributed by atoms with Crippen LogP contribution in [0.1, 0.15) is 6.92 Å². The highest BCUT2D eigenvalue weighted by Gasteiger charge is 2.47. The Morgan fingerprint density at radius 2 is 1.84 bits per heavy atom. The summed E-state index contributed by atoms with van der Waals surface area (Å²) >= 11 is 11.9. The Hall–Kier alpha value is -1.59. The zero-order valence-electron chi connectivity index (χ0n) is 9.93. The summed E-state index contributed by atoms with van der Waals surface area (Å²) in [4.78, 5) is 30.8. The van der Waals surface area contributed by atoms with Crippen LogP contribution in [0.3, 0.4) is 0 Å². The van der Waals surface area contributed by atoms with Crippen LogP contribution in [0.5, 0.6) is 0 Å². The van der Waals surface area contributed by atoms with Crippen molar-refractivity contribution < 1.29 is 9.59 Å². The molecule has 0 aromatic heterocycles. The smallest absolute Gasteiger partial charge is 0.256 e. The van der Waals surface area contributed by atoms with E-state index >= 15 is 0 Å². The fourth-order valence-corrected chi connectivity index (χ4v) is 2.79. The van der Waals surface area contributed by atoms with Gasteiger partial charge >= 0.3 is 0 Å². The van der Waals surface area contributed by atoms with Gasteiger partial charge in [-0.3, -0.25) is 14.5 Å². The lowest BCUT2D eigenvalue weighted by Crippen LogP contribution is -2.36. The van der Waals surface area contributed by atoms with E-state index in [4.69, 9.17) is 23.2 Å². The standard InChI is InChI=1S/C12H9Cl2N3O2/c1-6-11(19)17(12-15-5-10(18)16(6)12)9-3-7(13)2-8(14)4-9/h2-4,6H,5H2,1H3. The summed E-state index contributed by atoms with van der Waals surface area (Å²) in [5, 5.41) is 0.845. The van der Waals surface area contributed by atoms with Gasteiger partial charge in [-0.1, -0.05) is 23.2 Å². The zero-order valence-corrected chi connectivity index (χ0v) is 11.4. The largest absolute Gasteiger partial charge is 0.272 e. The van der Waals surface area contributed by atoms with E-state index in [9.17, 15) is 9.59 Å². The maximum absolute atomic E-state index is 12.3. The van der Waals surface area contributed by atoms with Crippen LogP contribution >= 0.6 is 23.2 Å². The topological polar surface area (TPSA) is 53.0 Å². The molecule has 7 heteroatoms. The van der Waals surface area contributed by atoms with Gasteiger partial charge in [0.05, 0.1) is 5.69 Å². The Labute approximate surface area is 119 Å². The molecule has 0 bridgehead atoms. The molecule has 19 heavy (non-hydrogen) atoms. The van der Waals surface area contributed by atoms with Crippen LogP contribution < -0.4 is 4.90 Å². The third-order valence-electron chi connectivity index (χ3n) is 3.11. The molecule has 5 nitrogen and oxygen atoms in total. The number of hydrogen-bond donors (Lipinski definition) is 0. The highest BCUT2D eigenvalue weighted by molar-refractivity contribution is 6.36. The van der Waals surface area contributed by atoms with Gasteiger partial charge < -0.3 is 0 Å². The molecule has 98 valence electrons. The molecule has 1 fully saturated rings. The molecule has 0 spiro atoms. The summed E-state index contributed by atoms with van der Waals surface area (Å²) in [5.74, 6) is -0.0440. The molecule has 0 radical (unpaired) electrons. The number of carbonyl (C=O) groups excluding carboxylic acids is 2. The monoisotopic (exact) mass is 297 g/mol. The van der Waals surface area contributed by atoms with Crippen molar-refractivity contribution in [3.8, 4) is 0 Å². The first kappa shape index (κ1) is 12.4. The van der Waals surface area contributed by atoms with Gasteiger partial charge in [-0.05, 0) is 25.1 Å². The second-order valence-corrected chi connectivity index (χ2v) is 5.23. The van der Waals surface area contributed by atoms with Crippen molar-refractivity contribution in [1.82, 2.24) is 4.90 Å². The Balaban J connectivity index is 2.10. The molecule has 0 N–H and O–H groups in total. The lowest BCUT2D eigenvalue weighted by atomic mass is 10.2. The van der Waals surface area contributed by atoms with Gasteiger partial charge in [0.25, 0.3) is 11.8 Å². The van der Waals surface area contributed by atoms with E-state index in [1.54, 1.807) is 25.1 Å². The quantitative estimate of drug-likeness (QED) is 0.795. The van der Waals surface area contributed by atoms with Crippen LogP contribution in [-0.4, -0.2) is 35.3 Å². The maximum Gasteiger partial charge on any atom is 0.256 e. The van der Waals surface area contributed by atoms with Crippen molar-refractivity contribution in [3.05, 3.63) is 28.2 Å². The van der Waals surface area contributed by atoms with Crippen molar-refractivity contribution in [2.24, 2.45) is 4.99 Å². The highest BCUT2D eigenvalue weighted by atomic mass is 35.5. The van der Waals surface area contributed by atoms with Gasteiger partial charge in [0.1, 0.15) is 12.6 Å². The Bertz CT molecular complexity index is 609. The number of hydrogen-bond acceptors (Lipinski definition) is 3. The number of rotatable bonds is 1. The third-order valence-corrected chi connectivity index (χ3v) is 3.55. The molecule has 2 heterocycles. The predicted molar refractivity (Wildman–Crippen MR) is 72.6 cm³/mol. The number of benzene rings is 1. The predicted octanol–water partition coefficient (Wildman–Crippen LogP) is 1.93. The highest BCUT2D eigenvalue weighted by Crippen LogP contribution is 2.31. The number of guanidine groups is 1. The first-order chi connectivity index (χ1) is 8.99. The van der Waals surface area contributed by atoms with E-state index in [0.29, 0.717) is 21.7 Å². The van der Waals surface area contributed by atoms with E-state index < -0.39 is 6.04 Å². The molecule has 2 aliphatic rings. The molecule has 1 saturated heterocycles. The van der Waals surface area contributed by atoms with Crippen molar-refractivity contribution in [2.75, 3.05) is 11.4 Å². The summed E-state index contributed by atoms with van der Waals surface area (Å²) in [7, 11) is 0. The number of aliphatic imine (C=N–C) groups is 1. The van der Waals surface area contributed by atoms with E-state index in [1.165, 1.54) is 9.80 Å². The summed E-state index contributed by atoms with van der Waals surface area (Å²) in [6.45, 7) is 1.74. The van der Waals surface area contributed by atoms with E-state index in [2.05, 4.69) is 4.99 Å². The first-order valence-corrected chi connectivity index (χ1v) is 6.41. The van der Waals surface area contributed by atoms with Crippen molar-refractivity contribution in [1.29, 1.82) is 0 Å². The molecule has 2 aliphatic heterocycles. The van der Waals surface area contributed by atoms with E-state index in [1.807, 2.05) is 0 Å². The Morgan fingerprint density at radius 3 is 2.47 bits per heavy atom. The number of fused-ring (bicyclic) bond motifs is 1. The molecule has 1 unspecified atom stereocenters. The molecule has 2 amide bonds. The van der Waals surface area contributed by atoms with Crippen LogP contribution in [0.4, 0.5) is 5.69 Å². The summed E-state index contributed by atoms with van der Waals surface area (Å²) in [5.41, 5.74) is 0.519. The SMILES string of the molecule is CC1C(=O)N(c2cc(Cl)cc(Cl)c2)C2=NCC(=O)N21. The Morgan fingerprint density at radius 1 is 1.21 bits per heavy atom. The molecule has 3 rings (SSSR count). The number of amides is 2. The van der Waals surface area contributed by atoms with Crippen LogP contribution in [0.25, 0.3) is 0 Å². The van der Waals surface area contributed by atoms with Crippen molar-refractivity contribution >= 4 is 46.7 Å². The van der Waals surface area contributed by atoms with Gasteiger partial charge in [0.15, 0.2) is 0 Å². The van der Waals surface area contributed by atoms with Gasteiger partial charge in [-0.15, -0.1) is 0 Å². The maximum atomic E-state index is 12.3. The van der Waals surface area contributed by atoms with Crippen molar-refractivity contribution in [3.63, 3.8) is 0 Å². The van der Waals surface area contributed by atoms with Gasteiger partial charge in [0.2, 0.25) is 5.96 Å². The fraction of sp³-hybridized carbons (Fsp3) is 0.250. The lowest BCUT2D eigenvalue weighted by Gasteiger charge is -2.16. The van der Waals surface area contributed by atoms with Gasteiger partial charge in [-0.25, -0.2) is 9.89 Å². The average Bonchev–Trinajstić information content (AvgIpc) is 2.80. The van der Waals surface area contributed by atoms with E-state index in [-0.39, 0.29) is 18.4 Å². The van der Waals surface area contributed by atoms with E-state index in [0.717, 1.165) is 0 Å².